The molecule has 18 heavy (non-hydrogen) atoms. The molecule has 0 bridgehead atoms. The summed E-state index contributed by atoms with van der Waals surface area (Å²) < 4.78 is 23.7. The molecule has 0 aliphatic carbocycles. The number of halogens is 1. The van der Waals surface area contributed by atoms with Gasteiger partial charge in [-0.05, 0) is 12.1 Å². The molecule has 0 radical (unpaired) electrons. The van der Waals surface area contributed by atoms with E-state index in [2.05, 4.69) is 5.16 Å². The van der Waals surface area contributed by atoms with E-state index in [1.54, 1.807) is 6.07 Å². The number of benzene rings is 1. The van der Waals surface area contributed by atoms with Crippen LogP contribution in [0.4, 0.5) is 4.39 Å². The van der Waals surface area contributed by atoms with Crippen LogP contribution in [0.1, 0.15) is 10.5 Å². The van der Waals surface area contributed by atoms with E-state index in [4.69, 9.17) is 14.0 Å². The molecule has 90 valence electrons. The van der Waals surface area contributed by atoms with Gasteiger partial charge in [-0.2, -0.15) is 0 Å². The number of aromatic nitrogens is 1. The first-order valence-electron chi connectivity index (χ1n) is 5.02. The van der Waals surface area contributed by atoms with E-state index < -0.39 is 11.8 Å². The Balaban J connectivity index is 2.17. The maximum absolute atomic E-state index is 13.8. The number of hydrogen-bond donors (Lipinski definition) is 1. The molecule has 0 aliphatic rings. The van der Waals surface area contributed by atoms with Gasteiger partial charge in [0.2, 0.25) is 0 Å². The normalized spacial score (nSPS) is 10.9. The largest absolute Gasteiger partial charge is 0.476 e. The minimum absolute atomic E-state index is 0.0630. The average Bonchev–Trinajstić information content (AvgIpc) is 2.94. The summed E-state index contributed by atoms with van der Waals surface area (Å²) in [5.74, 6) is -1.73. The van der Waals surface area contributed by atoms with Crippen molar-refractivity contribution in [1.82, 2.24) is 5.16 Å². The van der Waals surface area contributed by atoms with Crippen LogP contribution in [0.2, 0.25) is 0 Å². The highest BCUT2D eigenvalue weighted by Gasteiger charge is 2.16. The van der Waals surface area contributed by atoms with Gasteiger partial charge in [0.1, 0.15) is 11.4 Å². The highest BCUT2D eigenvalue weighted by Crippen LogP contribution is 2.28. The third-order valence-corrected chi connectivity index (χ3v) is 2.54. The Kier molecular flexibility index (Phi) is 2.16. The summed E-state index contributed by atoms with van der Waals surface area (Å²) in [6.45, 7) is 0. The van der Waals surface area contributed by atoms with Crippen molar-refractivity contribution in [3.8, 4) is 11.3 Å². The van der Waals surface area contributed by atoms with Gasteiger partial charge < -0.3 is 14.0 Å². The van der Waals surface area contributed by atoms with Gasteiger partial charge in [-0.15, -0.1) is 0 Å². The Morgan fingerprint density at radius 1 is 1.33 bits per heavy atom. The topological polar surface area (TPSA) is 76.5 Å². The molecule has 0 aliphatic heterocycles. The van der Waals surface area contributed by atoms with Gasteiger partial charge in [0.05, 0.1) is 11.8 Å². The summed E-state index contributed by atoms with van der Waals surface area (Å²) in [5, 5.41) is 12.8. The van der Waals surface area contributed by atoms with Crippen molar-refractivity contribution in [2.75, 3.05) is 0 Å². The van der Waals surface area contributed by atoms with Crippen molar-refractivity contribution < 1.29 is 23.2 Å². The van der Waals surface area contributed by atoms with Crippen LogP contribution in [0, 0.1) is 5.82 Å². The first-order chi connectivity index (χ1) is 8.65. The summed E-state index contributed by atoms with van der Waals surface area (Å²) in [4.78, 5) is 10.7. The molecule has 6 heteroatoms. The molecule has 1 N–H and O–H groups in total. The van der Waals surface area contributed by atoms with Gasteiger partial charge in [0.25, 0.3) is 0 Å². The molecular formula is C12H6FNO4. The summed E-state index contributed by atoms with van der Waals surface area (Å²) >= 11 is 0. The zero-order valence-electron chi connectivity index (χ0n) is 8.88. The molecule has 3 rings (SSSR count). The molecule has 1 aromatic carbocycles. The van der Waals surface area contributed by atoms with Crippen LogP contribution in [0.15, 0.2) is 39.5 Å². The monoisotopic (exact) mass is 247 g/mol. The Morgan fingerprint density at radius 3 is 2.89 bits per heavy atom. The number of carboxylic acid groups (broad SMARTS) is 1. The molecule has 0 unspecified atom stereocenters. The number of hydrogen-bond acceptors (Lipinski definition) is 4. The Morgan fingerprint density at radius 2 is 2.17 bits per heavy atom. The SMILES string of the molecule is O=C(O)c1cc(-c2cc3ccoc3cc2F)on1. The van der Waals surface area contributed by atoms with Crippen LogP contribution in [0.3, 0.4) is 0 Å². The molecule has 0 saturated heterocycles. The maximum atomic E-state index is 13.8. The van der Waals surface area contributed by atoms with Gasteiger partial charge in [-0.3, -0.25) is 0 Å². The van der Waals surface area contributed by atoms with Gasteiger partial charge in [-0.1, -0.05) is 5.16 Å². The number of fused-ring (bicyclic) bond motifs is 1. The fourth-order valence-corrected chi connectivity index (χ4v) is 1.68. The Bertz CT molecular complexity index is 743. The van der Waals surface area contributed by atoms with Crippen molar-refractivity contribution in [2.45, 2.75) is 0 Å². The lowest BCUT2D eigenvalue weighted by Crippen LogP contribution is -1.94. The molecule has 0 spiro atoms. The highest BCUT2D eigenvalue weighted by atomic mass is 19.1. The van der Waals surface area contributed by atoms with Crippen LogP contribution in [0.5, 0.6) is 0 Å². The van der Waals surface area contributed by atoms with Crippen LogP contribution in [0.25, 0.3) is 22.3 Å². The van der Waals surface area contributed by atoms with Crippen molar-refractivity contribution in [1.29, 1.82) is 0 Å². The number of aromatic carboxylic acids is 1. The summed E-state index contributed by atoms with van der Waals surface area (Å²) in [7, 11) is 0. The highest BCUT2D eigenvalue weighted by molar-refractivity contribution is 5.87. The zero-order chi connectivity index (χ0) is 12.7. The third-order valence-electron chi connectivity index (χ3n) is 2.54. The van der Waals surface area contributed by atoms with Crippen LogP contribution >= 0.6 is 0 Å². The second-order valence-electron chi connectivity index (χ2n) is 3.67. The van der Waals surface area contributed by atoms with Crippen molar-refractivity contribution in [2.24, 2.45) is 0 Å². The second-order valence-corrected chi connectivity index (χ2v) is 3.67. The van der Waals surface area contributed by atoms with Gasteiger partial charge in [0, 0.05) is 17.5 Å². The van der Waals surface area contributed by atoms with Crippen molar-refractivity contribution >= 4 is 16.9 Å². The van der Waals surface area contributed by atoms with Crippen LogP contribution in [-0.2, 0) is 0 Å². The van der Waals surface area contributed by atoms with Crippen LogP contribution in [-0.4, -0.2) is 16.2 Å². The molecule has 2 aromatic heterocycles. The van der Waals surface area contributed by atoms with Gasteiger partial charge >= 0.3 is 5.97 Å². The van der Waals surface area contributed by atoms with E-state index in [1.165, 1.54) is 24.5 Å². The minimum atomic E-state index is -1.23. The van der Waals surface area contributed by atoms with Crippen molar-refractivity contribution in [3.05, 3.63) is 42.0 Å². The van der Waals surface area contributed by atoms with E-state index in [0.29, 0.717) is 11.0 Å². The van der Waals surface area contributed by atoms with Gasteiger partial charge in [-0.25, -0.2) is 9.18 Å². The third kappa shape index (κ3) is 1.55. The van der Waals surface area contributed by atoms with E-state index in [-0.39, 0.29) is 17.0 Å². The quantitative estimate of drug-likeness (QED) is 0.753. The first-order valence-corrected chi connectivity index (χ1v) is 5.02. The lowest BCUT2D eigenvalue weighted by molar-refractivity contribution is 0.0686. The average molecular weight is 247 g/mol. The van der Waals surface area contributed by atoms with Crippen LogP contribution < -0.4 is 0 Å². The fourth-order valence-electron chi connectivity index (χ4n) is 1.68. The summed E-state index contributed by atoms with van der Waals surface area (Å²) in [6.07, 6.45) is 1.44. The molecule has 3 aromatic rings. The fraction of sp³-hybridized carbons (Fsp3) is 0. The summed E-state index contributed by atoms with van der Waals surface area (Å²) in [5.41, 5.74) is 0.287. The van der Waals surface area contributed by atoms with Crippen molar-refractivity contribution in [3.63, 3.8) is 0 Å². The van der Waals surface area contributed by atoms with E-state index in [0.717, 1.165) is 0 Å². The van der Waals surface area contributed by atoms with E-state index in [9.17, 15) is 9.18 Å². The molecule has 0 amide bonds. The molecule has 0 saturated carbocycles. The lowest BCUT2D eigenvalue weighted by Gasteiger charge is -1.97. The molecule has 0 atom stereocenters. The lowest BCUT2D eigenvalue weighted by atomic mass is 10.1. The molecule has 2 heterocycles. The molecule has 0 fully saturated rings. The smallest absolute Gasteiger partial charge is 0.358 e. The van der Waals surface area contributed by atoms with E-state index >= 15 is 0 Å². The minimum Gasteiger partial charge on any atom is -0.476 e. The zero-order valence-corrected chi connectivity index (χ0v) is 8.88. The number of nitrogens with zero attached hydrogens (tertiary/aromatic N) is 1. The number of carboxylic acids is 1. The number of rotatable bonds is 2. The maximum Gasteiger partial charge on any atom is 0.358 e. The predicted octanol–water partition coefficient (Wildman–Crippen LogP) is 2.93. The first kappa shape index (κ1) is 10.5. The predicted molar refractivity (Wildman–Crippen MR) is 58.6 cm³/mol. The standard InChI is InChI=1S/C12H6FNO4/c13-8-4-10-6(1-2-17-10)3-7(8)11-5-9(12(15)16)14-18-11/h1-5H,(H,15,16). The Hall–Kier alpha value is -2.63. The number of furan rings is 1. The number of carbonyl (C=O) groups is 1. The molecule has 5 nitrogen and oxygen atoms in total. The van der Waals surface area contributed by atoms with Gasteiger partial charge in [0.15, 0.2) is 11.5 Å². The van der Waals surface area contributed by atoms with E-state index in [1.807, 2.05) is 0 Å². The molecular weight excluding hydrogens is 241 g/mol. The second kappa shape index (κ2) is 3.69. The summed E-state index contributed by atoms with van der Waals surface area (Å²) in [6, 6.07) is 5.58. The Labute approximate surface area is 99.4 Å².